The molecule has 0 spiro atoms. The highest BCUT2D eigenvalue weighted by Gasteiger charge is 2.24. The van der Waals surface area contributed by atoms with E-state index in [-0.39, 0.29) is 10.8 Å². The second kappa shape index (κ2) is 11.2. The van der Waals surface area contributed by atoms with Crippen molar-refractivity contribution in [2.24, 2.45) is 10.8 Å². The number of nitrogens with zero attached hydrogens (tertiary/aromatic N) is 8. The zero-order chi connectivity index (χ0) is 21.3. The van der Waals surface area contributed by atoms with E-state index >= 15 is 0 Å². The molecule has 0 aliphatic rings. The van der Waals surface area contributed by atoms with Crippen molar-refractivity contribution in [1.29, 1.82) is 0 Å². The summed E-state index contributed by atoms with van der Waals surface area (Å²) >= 11 is -1.79. The minimum absolute atomic E-state index is 0.0287. The number of hydrogen-bond acceptors (Lipinski definition) is 8. The van der Waals surface area contributed by atoms with Crippen molar-refractivity contribution in [2.75, 3.05) is 23.0 Å². The summed E-state index contributed by atoms with van der Waals surface area (Å²) in [4.78, 5) is 0. The molecule has 0 aromatic carbocycles. The highest BCUT2D eigenvalue weighted by Crippen LogP contribution is 2.24. The maximum Gasteiger partial charge on any atom is 0.138 e. The Morgan fingerprint density at radius 1 is 0.724 bits per heavy atom. The van der Waals surface area contributed by atoms with E-state index in [1.807, 2.05) is 0 Å². The van der Waals surface area contributed by atoms with E-state index in [1.54, 1.807) is 22.0 Å². The Morgan fingerprint density at radius 3 is 1.48 bits per heavy atom. The van der Waals surface area contributed by atoms with Crippen LogP contribution in [0.2, 0.25) is 0 Å². The Labute approximate surface area is 178 Å². The fourth-order valence-electron chi connectivity index (χ4n) is 2.91. The molecule has 0 fully saturated rings. The molecule has 0 N–H and O–H groups in total. The summed E-state index contributed by atoms with van der Waals surface area (Å²) in [6.45, 7) is 9.88. The van der Waals surface area contributed by atoms with Gasteiger partial charge < -0.3 is 9.11 Å². The molecule has 2 rings (SSSR count). The highest BCUT2D eigenvalue weighted by atomic mass is 32.2. The number of hydrogen-bond donors (Lipinski definition) is 0. The number of tetrazole rings is 2. The maximum atomic E-state index is 12.3. The van der Waals surface area contributed by atoms with Crippen LogP contribution >= 0.6 is 0 Å². The first-order chi connectivity index (χ1) is 13.7. The fraction of sp³-hybridized carbons (Fsp3) is 0.882. The molecule has 2 aromatic heterocycles. The molecule has 29 heavy (non-hydrogen) atoms. The van der Waals surface area contributed by atoms with Gasteiger partial charge in [-0.15, -0.1) is 10.2 Å². The summed E-state index contributed by atoms with van der Waals surface area (Å²) in [5.41, 5.74) is -0.0574. The van der Waals surface area contributed by atoms with Crippen LogP contribution in [0.5, 0.6) is 0 Å². The van der Waals surface area contributed by atoms with E-state index in [2.05, 4.69) is 58.7 Å². The molecule has 0 saturated heterocycles. The van der Waals surface area contributed by atoms with Gasteiger partial charge in [0.2, 0.25) is 0 Å². The van der Waals surface area contributed by atoms with Gasteiger partial charge in [-0.1, -0.05) is 50.0 Å². The quantitative estimate of drug-likeness (QED) is 0.395. The van der Waals surface area contributed by atoms with E-state index in [9.17, 15) is 9.11 Å². The van der Waals surface area contributed by atoms with Crippen LogP contribution in [0.3, 0.4) is 0 Å². The van der Waals surface area contributed by atoms with Crippen molar-refractivity contribution < 1.29 is 9.11 Å². The third-order valence-corrected chi connectivity index (χ3v) is 7.53. The molecular formula is C17H32N8O2S2. The van der Waals surface area contributed by atoms with Crippen LogP contribution < -0.4 is 0 Å². The van der Waals surface area contributed by atoms with E-state index in [0.717, 1.165) is 19.3 Å². The van der Waals surface area contributed by atoms with Gasteiger partial charge in [-0.25, -0.2) is 9.36 Å². The first-order valence-electron chi connectivity index (χ1n) is 9.77. The first kappa shape index (κ1) is 24.0. The molecule has 0 amide bonds. The Hall–Kier alpha value is -1.24. The maximum absolute atomic E-state index is 12.3. The molecule has 0 aliphatic heterocycles. The van der Waals surface area contributed by atoms with Crippen molar-refractivity contribution >= 4 is 22.4 Å². The fourth-order valence-corrected chi connectivity index (χ4v) is 5.99. The van der Waals surface area contributed by atoms with E-state index in [4.69, 9.17) is 0 Å². The minimum Gasteiger partial charge on any atom is -0.616 e. The largest absolute Gasteiger partial charge is 0.616 e. The third-order valence-electron chi connectivity index (χ3n) is 4.72. The Kier molecular flexibility index (Phi) is 9.31. The van der Waals surface area contributed by atoms with E-state index in [1.165, 1.54) is 0 Å². The topological polar surface area (TPSA) is 133 Å². The summed E-state index contributed by atoms with van der Waals surface area (Å²) in [6.07, 6.45) is 5.57. The Morgan fingerprint density at radius 2 is 1.14 bits per heavy atom. The van der Waals surface area contributed by atoms with Crippen molar-refractivity contribution in [3.63, 3.8) is 0 Å². The average molecular weight is 445 g/mol. The van der Waals surface area contributed by atoms with Crippen molar-refractivity contribution in [2.45, 2.75) is 60.0 Å². The molecule has 0 aliphatic carbocycles. The molecule has 2 unspecified atom stereocenters. The number of rotatable bonds is 14. The van der Waals surface area contributed by atoms with E-state index in [0.29, 0.717) is 36.1 Å². The molecule has 2 atom stereocenters. The monoisotopic (exact) mass is 444 g/mol. The van der Waals surface area contributed by atoms with Crippen LogP contribution in [0.15, 0.2) is 12.7 Å². The summed E-state index contributed by atoms with van der Waals surface area (Å²) in [6, 6.07) is 0. The van der Waals surface area contributed by atoms with Gasteiger partial charge in [0.05, 0.1) is 0 Å². The second-order valence-corrected chi connectivity index (χ2v) is 12.3. The molecule has 0 radical (unpaired) electrons. The highest BCUT2D eigenvalue weighted by molar-refractivity contribution is 7.92. The van der Waals surface area contributed by atoms with Gasteiger partial charge in [0.1, 0.15) is 35.7 Å². The third kappa shape index (κ3) is 9.87. The zero-order valence-electron chi connectivity index (χ0n) is 17.7. The molecule has 2 heterocycles. The van der Waals surface area contributed by atoms with Crippen molar-refractivity contribution in [3.8, 4) is 0 Å². The summed E-state index contributed by atoms with van der Waals surface area (Å²) < 4.78 is 28.0. The van der Waals surface area contributed by atoms with Gasteiger partial charge in [-0.2, -0.15) is 0 Å². The van der Waals surface area contributed by atoms with Crippen LogP contribution in [-0.2, 0) is 35.4 Å². The van der Waals surface area contributed by atoms with Gasteiger partial charge in [-0.3, -0.25) is 0 Å². The van der Waals surface area contributed by atoms with Crippen LogP contribution in [-0.4, -0.2) is 72.5 Å². The van der Waals surface area contributed by atoms with Gasteiger partial charge in [-0.05, 0) is 44.5 Å². The van der Waals surface area contributed by atoms with Crippen molar-refractivity contribution in [3.05, 3.63) is 12.7 Å². The molecule has 12 heteroatoms. The summed E-state index contributed by atoms with van der Waals surface area (Å²) in [7, 11) is 0. The average Bonchev–Trinajstić information content (AvgIpc) is 3.32. The van der Waals surface area contributed by atoms with Gasteiger partial charge in [0.25, 0.3) is 0 Å². The number of aromatic nitrogens is 8. The van der Waals surface area contributed by atoms with Gasteiger partial charge >= 0.3 is 0 Å². The second-order valence-electron chi connectivity index (χ2n) is 8.89. The van der Waals surface area contributed by atoms with Crippen molar-refractivity contribution in [1.82, 2.24) is 40.4 Å². The lowest BCUT2D eigenvalue weighted by Gasteiger charge is -2.25. The Balaban J connectivity index is 1.58. The van der Waals surface area contributed by atoms with Crippen LogP contribution in [0.25, 0.3) is 0 Å². The molecule has 0 bridgehead atoms. The predicted octanol–water partition coefficient (Wildman–Crippen LogP) is 1.08. The first-order valence-corrected chi connectivity index (χ1v) is 12.7. The molecule has 2 aromatic rings. The van der Waals surface area contributed by atoms with Crippen LogP contribution in [0.4, 0.5) is 0 Å². The minimum atomic E-state index is -0.895. The molecular weight excluding hydrogens is 412 g/mol. The van der Waals surface area contributed by atoms with Gasteiger partial charge in [0.15, 0.2) is 0 Å². The van der Waals surface area contributed by atoms with Crippen LogP contribution in [0, 0.1) is 10.8 Å². The summed E-state index contributed by atoms with van der Waals surface area (Å²) in [5.74, 6) is 2.48. The lowest BCUT2D eigenvalue weighted by molar-refractivity contribution is 0.278. The summed E-state index contributed by atoms with van der Waals surface area (Å²) in [5, 5.41) is 22.3. The van der Waals surface area contributed by atoms with Gasteiger partial charge in [0, 0.05) is 19.5 Å². The standard InChI is InChI=1S/C17H32N8O2S2/c1-16(2,12-24-14-18-20-22-24)6-10-28(26)8-5-9-29(27)11-7-17(3,4)13-25-15-19-21-23-25/h14-15H,5-13H2,1-4H3. The Bertz CT molecular complexity index is 623. The van der Waals surface area contributed by atoms with E-state index < -0.39 is 22.4 Å². The molecule has 164 valence electrons. The normalized spacial score (nSPS) is 14.8. The lowest BCUT2D eigenvalue weighted by atomic mass is 9.90. The smallest absolute Gasteiger partial charge is 0.138 e. The molecule has 0 saturated carbocycles. The lowest BCUT2D eigenvalue weighted by Crippen LogP contribution is -2.26. The SMILES string of the molecule is CC(C)(CC[S+]([O-])CCC[S+]([O-])CCC(C)(C)Cn1cnnn1)Cn1cnnn1. The zero-order valence-corrected chi connectivity index (χ0v) is 19.4. The predicted molar refractivity (Wildman–Crippen MR) is 113 cm³/mol. The van der Waals surface area contributed by atoms with Crippen LogP contribution in [0.1, 0.15) is 47.0 Å². The molecule has 10 nitrogen and oxygen atoms in total.